The number of carbonyl (C=O) groups excluding carboxylic acids is 1. The molecule has 6 nitrogen and oxygen atoms in total. The Morgan fingerprint density at radius 1 is 1.18 bits per heavy atom. The van der Waals surface area contributed by atoms with Crippen LogP contribution in [0, 0.1) is 5.92 Å². The number of carbonyl (C=O) groups is 1. The van der Waals surface area contributed by atoms with Gasteiger partial charge >= 0.3 is 5.97 Å². The van der Waals surface area contributed by atoms with E-state index >= 15 is 0 Å². The predicted octanol–water partition coefficient (Wildman–Crippen LogP) is 4.80. The highest BCUT2D eigenvalue weighted by atomic mass is 79.9. The summed E-state index contributed by atoms with van der Waals surface area (Å²) in [6.07, 6.45) is 0. The van der Waals surface area contributed by atoms with Crippen LogP contribution in [0.2, 0.25) is 0 Å². The van der Waals surface area contributed by atoms with E-state index in [0.29, 0.717) is 0 Å². The fourth-order valence-electron chi connectivity index (χ4n) is 2.75. The quantitative estimate of drug-likeness (QED) is 0.611. The first kappa shape index (κ1) is 22.6. The monoisotopic (exact) mass is 471 g/mol. The van der Waals surface area contributed by atoms with Gasteiger partial charge in [0.25, 0.3) is 0 Å². The zero-order chi connectivity index (χ0) is 21.3. The van der Waals surface area contributed by atoms with Gasteiger partial charge in [-0.25, -0.2) is 17.9 Å². The zero-order valence-electron chi connectivity index (χ0n) is 16.9. The molecule has 0 saturated heterocycles. The molecule has 8 heteroatoms. The summed E-state index contributed by atoms with van der Waals surface area (Å²) in [6.45, 7) is 10.3. The van der Waals surface area contributed by atoms with Crippen molar-refractivity contribution in [3.8, 4) is 0 Å². The molecule has 0 radical (unpaired) electrons. The number of hydrogen-bond acceptors (Lipinski definition) is 5. The smallest absolute Gasteiger partial charge is 0.374 e. The first-order valence-electron chi connectivity index (χ1n) is 8.87. The van der Waals surface area contributed by atoms with E-state index in [2.05, 4.69) is 46.2 Å². The minimum absolute atomic E-state index is 0.000941. The lowest BCUT2D eigenvalue weighted by atomic mass is 9.85. The first-order chi connectivity index (χ1) is 12.9. The summed E-state index contributed by atoms with van der Waals surface area (Å²) in [5.41, 5.74) is 2.04. The maximum atomic E-state index is 12.9. The highest BCUT2D eigenvalue weighted by Gasteiger charge is 2.29. The summed E-state index contributed by atoms with van der Waals surface area (Å²) in [7, 11) is -2.75. The summed E-state index contributed by atoms with van der Waals surface area (Å²) in [5, 5.41) is 0. The molecule has 1 aromatic heterocycles. The van der Waals surface area contributed by atoms with Gasteiger partial charge in [0.15, 0.2) is 4.67 Å². The van der Waals surface area contributed by atoms with Gasteiger partial charge in [-0.15, -0.1) is 0 Å². The van der Waals surface area contributed by atoms with Gasteiger partial charge in [0.1, 0.15) is 4.90 Å². The van der Waals surface area contributed by atoms with Gasteiger partial charge in [0.05, 0.1) is 7.11 Å². The number of methoxy groups -OCH3 is 1. The summed E-state index contributed by atoms with van der Waals surface area (Å²) in [6, 6.07) is 8.63. The first-order valence-corrected chi connectivity index (χ1v) is 11.1. The molecule has 1 aromatic carbocycles. The minimum Gasteiger partial charge on any atom is -0.463 e. The molecular weight excluding hydrogens is 446 g/mol. The van der Waals surface area contributed by atoms with Crippen LogP contribution in [0.15, 0.2) is 44.3 Å². The van der Waals surface area contributed by atoms with Gasteiger partial charge in [0.2, 0.25) is 15.8 Å². The molecule has 0 amide bonds. The SMILES string of the molecule is COC(=O)c1cc(S(=O)(=O)NC(c2ccc(C(C)(C)C)cc2)C(C)C)c(Br)o1. The highest BCUT2D eigenvalue weighted by molar-refractivity contribution is 9.10. The summed E-state index contributed by atoms with van der Waals surface area (Å²) >= 11 is 3.07. The van der Waals surface area contributed by atoms with Crippen LogP contribution in [0.1, 0.15) is 62.3 Å². The van der Waals surface area contributed by atoms with Crippen molar-refractivity contribution in [2.75, 3.05) is 7.11 Å². The lowest BCUT2D eigenvalue weighted by Crippen LogP contribution is -2.32. The van der Waals surface area contributed by atoms with Gasteiger partial charge in [-0.2, -0.15) is 0 Å². The average molecular weight is 472 g/mol. The number of ether oxygens (including phenoxy) is 1. The standard InChI is InChI=1S/C20H26BrNO5S/c1-12(2)17(13-7-9-14(10-8-13)20(3,4)5)22-28(24,25)16-11-15(19(23)26-6)27-18(16)21/h7-12,17,22H,1-6H3. The van der Waals surface area contributed by atoms with Gasteiger partial charge in [-0.3, -0.25) is 0 Å². The Balaban J connectivity index is 2.36. The number of nitrogens with one attached hydrogen (secondary N) is 1. The van der Waals surface area contributed by atoms with Gasteiger partial charge in [-0.05, 0) is 38.4 Å². The Morgan fingerprint density at radius 3 is 2.21 bits per heavy atom. The van der Waals surface area contributed by atoms with Crippen molar-refractivity contribution in [3.63, 3.8) is 0 Å². The Labute approximate surface area is 174 Å². The second-order valence-electron chi connectivity index (χ2n) is 7.96. The van der Waals surface area contributed by atoms with E-state index in [1.165, 1.54) is 12.7 Å². The number of benzene rings is 1. The maximum absolute atomic E-state index is 12.9. The molecule has 0 spiro atoms. The third kappa shape index (κ3) is 5.04. The molecule has 28 heavy (non-hydrogen) atoms. The second kappa shape index (κ2) is 8.39. The largest absolute Gasteiger partial charge is 0.463 e. The summed E-state index contributed by atoms with van der Waals surface area (Å²) in [5.74, 6) is -0.938. The Hall–Kier alpha value is -1.64. The molecule has 0 aliphatic carbocycles. The van der Waals surface area contributed by atoms with Crippen molar-refractivity contribution in [1.29, 1.82) is 0 Å². The van der Waals surface area contributed by atoms with Crippen molar-refractivity contribution in [2.45, 2.75) is 51.0 Å². The molecule has 0 fully saturated rings. The Bertz CT molecular complexity index is 940. The van der Waals surface area contributed by atoms with Gasteiger partial charge in [-0.1, -0.05) is 58.9 Å². The van der Waals surface area contributed by atoms with E-state index in [-0.39, 0.29) is 26.7 Å². The van der Waals surface area contributed by atoms with E-state index in [0.717, 1.165) is 11.6 Å². The third-order valence-electron chi connectivity index (χ3n) is 4.42. The number of furan rings is 1. The van der Waals surface area contributed by atoms with Crippen LogP contribution >= 0.6 is 15.9 Å². The third-order valence-corrected chi connectivity index (χ3v) is 6.71. The highest BCUT2D eigenvalue weighted by Crippen LogP contribution is 2.31. The van der Waals surface area contributed by atoms with E-state index < -0.39 is 22.0 Å². The number of rotatable bonds is 6. The van der Waals surface area contributed by atoms with Crippen LogP contribution in [-0.4, -0.2) is 21.5 Å². The predicted molar refractivity (Wildman–Crippen MR) is 111 cm³/mol. The van der Waals surface area contributed by atoms with Crippen LogP contribution in [0.3, 0.4) is 0 Å². The second-order valence-corrected chi connectivity index (χ2v) is 10.4. The minimum atomic E-state index is -3.94. The molecular formula is C20H26BrNO5S. The van der Waals surface area contributed by atoms with Crippen molar-refractivity contribution in [3.05, 3.63) is 51.9 Å². The molecule has 1 atom stereocenters. The molecule has 154 valence electrons. The van der Waals surface area contributed by atoms with Crippen molar-refractivity contribution < 1.29 is 22.4 Å². The van der Waals surface area contributed by atoms with Crippen molar-refractivity contribution in [1.82, 2.24) is 4.72 Å². The molecule has 0 aliphatic heterocycles. The Morgan fingerprint density at radius 2 is 1.75 bits per heavy atom. The number of esters is 1. The van der Waals surface area contributed by atoms with Crippen LogP contribution in [0.25, 0.3) is 0 Å². The molecule has 0 saturated carbocycles. The number of sulfonamides is 1. The molecule has 1 N–H and O–H groups in total. The lowest BCUT2D eigenvalue weighted by molar-refractivity contribution is 0.0563. The molecule has 0 bridgehead atoms. The van der Waals surface area contributed by atoms with E-state index in [1.807, 2.05) is 38.1 Å². The van der Waals surface area contributed by atoms with Crippen LogP contribution in [0.5, 0.6) is 0 Å². The van der Waals surface area contributed by atoms with Crippen LogP contribution in [0.4, 0.5) is 0 Å². The molecule has 2 aromatic rings. The molecule has 2 rings (SSSR count). The molecule has 1 heterocycles. The summed E-state index contributed by atoms with van der Waals surface area (Å²) in [4.78, 5) is 11.5. The summed E-state index contributed by atoms with van der Waals surface area (Å²) < 4.78 is 38.3. The van der Waals surface area contributed by atoms with E-state index in [9.17, 15) is 13.2 Å². The lowest BCUT2D eigenvalue weighted by Gasteiger charge is -2.24. The molecule has 1 unspecified atom stereocenters. The fraction of sp³-hybridized carbons (Fsp3) is 0.450. The maximum Gasteiger partial charge on any atom is 0.374 e. The van der Waals surface area contributed by atoms with E-state index in [4.69, 9.17) is 4.42 Å². The van der Waals surface area contributed by atoms with Crippen molar-refractivity contribution in [2.24, 2.45) is 5.92 Å². The van der Waals surface area contributed by atoms with Crippen LogP contribution < -0.4 is 4.72 Å². The van der Waals surface area contributed by atoms with Crippen molar-refractivity contribution >= 4 is 31.9 Å². The normalized spacial score (nSPS) is 13.6. The zero-order valence-corrected chi connectivity index (χ0v) is 19.3. The van der Waals surface area contributed by atoms with Gasteiger partial charge < -0.3 is 9.15 Å². The number of halogens is 1. The molecule has 0 aliphatic rings. The van der Waals surface area contributed by atoms with Crippen LogP contribution in [-0.2, 0) is 20.2 Å². The van der Waals surface area contributed by atoms with Gasteiger partial charge in [0, 0.05) is 12.1 Å². The Kier molecular flexibility index (Phi) is 6.78. The fourth-order valence-corrected chi connectivity index (χ4v) is 5.06. The average Bonchev–Trinajstić information content (AvgIpc) is 3.01. The number of hydrogen-bond donors (Lipinski definition) is 1. The van der Waals surface area contributed by atoms with E-state index in [1.54, 1.807) is 0 Å². The topological polar surface area (TPSA) is 85.6 Å².